The molecule has 0 radical (unpaired) electrons. The summed E-state index contributed by atoms with van der Waals surface area (Å²) in [6, 6.07) is 12.6. The van der Waals surface area contributed by atoms with Crippen molar-refractivity contribution < 1.29 is 27.5 Å². The second kappa shape index (κ2) is 11.3. The molecule has 0 aliphatic heterocycles. The first-order chi connectivity index (χ1) is 17.1. The zero-order chi connectivity index (χ0) is 26.5. The van der Waals surface area contributed by atoms with Crippen molar-refractivity contribution in [2.75, 3.05) is 12.4 Å². The maximum atomic E-state index is 12.6. The van der Waals surface area contributed by atoms with Gasteiger partial charge < -0.3 is 9.47 Å². The summed E-state index contributed by atoms with van der Waals surface area (Å²) in [6.07, 6.45) is 1.28. The molecule has 0 aliphatic carbocycles. The molecule has 186 valence electrons. The number of sulfone groups is 1. The monoisotopic (exact) mass is 546 g/mol. The summed E-state index contributed by atoms with van der Waals surface area (Å²) in [5, 5.41) is 10.9. The number of hydrogen-bond donors (Lipinski definition) is 1. The molecular weight excluding hydrogens is 528 g/mol. The van der Waals surface area contributed by atoms with Crippen LogP contribution in [0.4, 0.5) is 5.13 Å². The molecule has 13 heteroatoms. The SMILES string of the molecule is COc1cc(/C=C(/C#N)C(=O)Nc2nc(S(=O)(=O)C(C)C)ns2)ccc1OC(=O)c1ccccc1Cl. The number of nitrogens with zero attached hydrogens (tertiary/aromatic N) is 3. The van der Waals surface area contributed by atoms with E-state index in [1.165, 1.54) is 51.3 Å². The zero-order valence-electron chi connectivity index (χ0n) is 19.2. The van der Waals surface area contributed by atoms with Crippen molar-refractivity contribution in [3.8, 4) is 17.6 Å². The average molecular weight is 547 g/mol. The minimum Gasteiger partial charge on any atom is -0.493 e. The van der Waals surface area contributed by atoms with Gasteiger partial charge in [-0.3, -0.25) is 10.1 Å². The molecule has 2 aromatic carbocycles. The van der Waals surface area contributed by atoms with Crippen LogP contribution in [0.3, 0.4) is 0 Å². The predicted octanol–water partition coefficient (Wildman–Crippen LogP) is 4.15. The van der Waals surface area contributed by atoms with Gasteiger partial charge >= 0.3 is 5.97 Å². The van der Waals surface area contributed by atoms with E-state index >= 15 is 0 Å². The molecule has 0 aliphatic rings. The van der Waals surface area contributed by atoms with Gasteiger partial charge in [0.2, 0.25) is 15.0 Å². The predicted molar refractivity (Wildman–Crippen MR) is 134 cm³/mol. The molecule has 1 amide bonds. The van der Waals surface area contributed by atoms with Gasteiger partial charge in [-0.2, -0.15) is 14.6 Å². The van der Waals surface area contributed by atoms with E-state index in [1.54, 1.807) is 24.3 Å². The summed E-state index contributed by atoms with van der Waals surface area (Å²) in [4.78, 5) is 28.9. The molecule has 1 N–H and O–H groups in total. The van der Waals surface area contributed by atoms with Crippen LogP contribution in [0.15, 0.2) is 53.2 Å². The largest absolute Gasteiger partial charge is 0.493 e. The van der Waals surface area contributed by atoms with E-state index in [-0.39, 0.29) is 32.8 Å². The fraction of sp³-hybridized carbons (Fsp3) is 0.174. The van der Waals surface area contributed by atoms with Crippen LogP contribution in [-0.4, -0.2) is 42.0 Å². The highest BCUT2D eigenvalue weighted by atomic mass is 35.5. The lowest BCUT2D eigenvalue weighted by Crippen LogP contribution is -2.16. The molecule has 1 aromatic heterocycles. The number of carbonyl (C=O) groups excluding carboxylic acids is 2. The van der Waals surface area contributed by atoms with Crippen LogP contribution in [0.25, 0.3) is 6.08 Å². The Kier molecular flexibility index (Phi) is 8.41. The Morgan fingerprint density at radius 1 is 1.19 bits per heavy atom. The first kappa shape index (κ1) is 26.8. The van der Waals surface area contributed by atoms with E-state index in [0.29, 0.717) is 17.1 Å². The third kappa shape index (κ3) is 6.06. The van der Waals surface area contributed by atoms with Gasteiger partial charge in [0.1, 0.15) is 11.6 Å². The van der Waals surface area contributed by atoms with Gasteiger partial charge in [0, 0.05) is 11.5 Å². The Morgan fingerprint density at radius 3 is 2.56 bits per heavy atom. The fourth-order valence-electron chi connectivity index (χ4n) is 2.71. The highest BCUT2D eigenvalue weighted by Gasteiger charge is 2.25. The number of nitrogens with one attached hydrogen (secondary N) is 1. The van der Waals surface area contributed by atoms with Crippen molar-refractivity contribution in [1.82, 2.24) is 9.36 Å². The molecule has 0 atom stereocenters. The Morgan fingerprint density at radius 2 is 1.92 bits per heavy atom. The van der Waals surface area contributed by atoms with E-state index in [9.17, 15) is 23.3 Å². The Labute approximate surface area is 216 Å². The lowest BCUT2D eigenvalue weighted by molar-refractivity contribution is -0.112. The summed E-state index contributed by atoms with van der Waals surface area (Å²) in [5.41, 5.74) is 0.285. The molecule has 0 fully saturated rings. The summed E-state index contributed by atoms with van der Waals surface area (Å²) >= 11 is 6.72. The van der Waals surface area contributed by atoms with E-state index in [4.69, 9.17) is 21.1 Å². The van der Waals surface area contributed by atoms with Crippen LogP contribution in [0.2, 0.25) is 5.02 Å². The molecule has 3 rings (SSSR count). The average Bonchev–Trinajstić information content (AvgIpc) is 3.32. The molecule has 3 aromatic rings. The highest BCUT2D eigenvalue weighted by molar-refractivity contribution is 7.91. The molecule has 1 heterocycles. The standard InChI is InChI=1S/C23H19ClN4O6S2/c1-13(2)36(31,32)23-27-22(35-28-23)26-20(29)15(12-25)10-14-8-9-18(19(11-14)33-3)34-21(30)16-6-4-5-7-17(16)24/h4-11,13H,1-3H3,(H,26,27,28,29)/b15-10-. The third-order valence-corrected chi connectivity index (χ3v) is 7.67. The Hall–Kier alpha value is -3.79. The lowest BCUT2D eigenvalue weighted by atomic mass is 10.1. The number of nitriles is 1. The minimum absolute atomic E-state index is 0.0696. The van der Waals surface area contributed by atoms with Gasteiger partial charge in [-0.05, 0) is 49.8 Å². The number of benzene rings is 2. The second-order valence-corrected chi connectivity index (χ2v) is 10.9. The van der Waals surface area contributed by atoms with Crippen molar-refractivity contribution in [1.29, 1.82) is 5.26 Å². The van der Waals surface area contributed by atoms with Gasteiger partial charge in [0.05, 0.1) is 22.9 Å². The van der Waals surface area contributed by atoms with Crippen molar-refractivity contribution in [3.63, 3.8) is 0 Å². The Bertz CT molecular complexity index is 1490. The number of rotatable bonds is 8. The van der Waals surface area contributed by atoms with Crippen LogP contribution < -0.4 is 14.8 Å². The summed E-state index contributed by atoms with van der Waals surface area (Å²) in [5.74, 6) is -1.21. The summed E-state index contributed by atoms with van der Waals surface area (Å²) in [6.45, 7) is 2.98. The third-order valence-electron chi connectivity index (χ3n) is 4.66. The van der Waals surface area contributed by atoms with Crippen molar-refractivity contribution in [3.05, 3.63) is 64.2 Å². The lowest BCUT2D eigenvalue weighted by Gasteiger charge is -2.11. The molecule has 0 spiro atoms. The van der Waals surface area contributed by atoms with E-state index < -0.39 is 32.1 Å². The molecular formula is C23H19ClN4O6S2. The van der Waals surface area contributed by atoms with Crippen molar-refractivity contribution in [2.45, 2.75) is 24.3 Å². The van der Waals surface area contributed by atoms with Gasteiger partial charge in [-0.25, -0.2) is 13.2 Å². The van der Waals surface area contributed by atoms with E-state index in [1.807, 2.05) is 0 Å². The fourth-order valence-corrected chi connectivity index (χ4v) is 4.62. The molecule has 0 bridgehead atoms. The van der Waals surface area contributed by atoms with Crippen molar-refractivity contribution >= 4 is 56.1 Å². The number of amides is 1. The van der Waals surface area contributed by atoms with Crippen LogP contribution in [0.5, 0.6) is 11.5 Å². The van der Waals surface area contributed by atoms with Crippen LogP contribution in [0.1, 0.15) is 29.8 Å². The first-order valence-corrected chi connectivity index (χ1v) is 12.9. The number of halogens is 1. The number of aromatic nitrogens is 2. The van der Waals surface area contributed by atoms with Gasteiger partial charge in [0.15, 0.2) is 11.5 Å². The quantitative estimate of drug-likeness (QED) is 0.190. The highest BCUT2D eigenvalue weighted by Crippen LogP contribution is 2.30. The topological polar surface area (TPSA) is 148 Å². The summed E-state index contributed by atoms with van der Waals surface area (Å²) < 4.78 is 38.8. The molecule has 0 saturated heterocycles. The normalized spacial score (nSPS) is 11.6. The van der Waals surface area contributed by atoms with Gasteiger partial charge in [-0.15, -0.1) is 0 Å². The Balaban J connectivity index is 1.79. The summed E-state index contributed by atoms with van der Waals surface area (Å²) in [7, 11) is -2.34. The smallest absolute Gasteiger partial charge is 0.345 e. The van der Waals surface area contributed by atoms with Gasteiger partial charge in [0.25, 0.3) is 11.1 Å². The molecule has 0 saturated carbocycles. The van der Waals surface area contributed by atoms with Crippen LogP contribution in [-0.2, 0) is 14.6 Å². The number of anilines is 1. The minimum atomic E-state index is -3.71. The number of ether oxygens (including phenoxy) is 2. The zero-order valence-corrected chi connectivity index (χ0v) is 21.6. The van der Waals surface area contributed by atoms with E-state index in [2.05, 4.69) is 14.7 Å². The second-order valence-electron chi connectivity index (χ2n) is 7.38. The van der Waals surface area contributed by atoms with Crippen molar-refractivity contribution in [2.24, 2.45) is 0 Å². The molecule has 0 unspecified atom stereocenters. The number of hydrogen-bond acceptors (Lipinski definition) is 10. The maximum absolute atomic E-state index is 12.6. The van der Waals surface area contributed by atoms with Crippen LogP contribution >= 0.6 is 23.1 Å². The van der Waals surface area contributed by atoms with Gasteiger partial charge in [-0.1, -0.05) is 29.8 Å². The number of methoxy groups -OCH3 is 1. The molecule has 10 nitrogen and oxygen atoms in total. The van der Waals surface area contributed by atoms with Crippen LogP contribution in [0, 0.1) is 11.3 Å². The van der Waals surface area contributed by atoms with E-state index in [0.717, 1.165) is 0 Å². The first-order valence-electron chi connectivity index (χ1n) is 10.2. The number of esters is 1. The number of carbonyl (C=O) groups is 2. The maximum Gasteiger partial charge on any atom is 0.345 e. The molecule has 36 heavy (non-hydrogen) atoms.